The average Bonchev–Trinajstić information content (AvgIpc) is 3.69. The molecule has 15 heteroatoms. The van der Waals surface area contributed by atoms with Gasteiger partial charge >= 0.3 is 24.0 Å². The minimum Gasteiger partial charge on any atom is -0.467 e. The van der Waals surface area contributed by atoms with Gasteiger partial charge in [-0.1, -0.05) is 29.8 Å². The van der Waals surface area contributed by atoms with Gasteiger partial charge in [0.2, 0.25) is 17.7 Å². The molecule has 1 aromatic rings. The summed E-state index contributed by atoms with van der Waals surface area (Å²) in [6.45, 7) is 12.5. The SMILES string of the molecule is COC(=O)[C@H](NC(=O)[C@]1(Cc2ccc(C)cc2)CCCN1C(=O)[C@@H]1CCCN1C(=O)[C@@H](NC(=O)OC(C)(C)C)[C@@H](C)OC(C)=O)[C@@H](C)OC(C)=O. The largest absolute Gasteiger partial charge is 0.467 e. The van der Waals surface area contributed by atoms with Gasteiger partial charge in [-0.2, -0.15) is 0 Å². The molecule has 0 aliphatic carbocycles. The maximum absolute atomic E-state index is 14.7. The molecule has 2 aliphatic heterocycles. The molecule has 0 radical (unpaired) electrons. The van der Waals surface area contributed by atoms with E-state index in [0.29, 0.717) is 12.8 Å². The van der Waals surface area contributed by atoms with E-state index in [-0.39, 0.29) is 32.4 Å². The number of esters is 3. The molecule has 0 spiro atoms. The number of hydrogen-bond acceptors (Lipinski definition) is 11. The Balaban J connectivity index is 2.01. The van der Waals surface area contributed by atoms with Crippen LogP contribution in [-0.2, 0) is 54.1 Å². The van der Waals surface area contributed by atoms with Crippen molar-refractivity contribution in [1.29, 1.82) is 0 Å². The molecule has 2 N–H and O–H groups in total. The van der Waals surface area contributed by atoms with E-state index in [0.717, 1.165) is 18.2 Å². The van der Waals surface area contributed by atoms with Crippen LogP contribution in [0.15, 0.2) is 24.3 Å². The fourth-order valence-corrected chi connectivity index (χ4v) is 6.63. The molecule has 3 rings (SSSR count). The number of carbonyl (C=O) groups excluding carboxylic acids is 7. The maximum Gasteiger partial charge on any atom is 0.408 e. The van der Waals surface area contributed by atoms with Crippen molar-refractivity contribution in [3.8, 4) is 0 Å². The number of benzene rings is 1. The van der Waals surface area contributed by atoms with E-state index in [1.165, 1.54) is 37.5 Å². The third-order valence-corrected chi connectivity index (χ3v) is 8.94. The summed E-state index contributed by atoms with van der Waals surface area (Å²) in [5.41, 5.74) is -0.621. The molecule has 0 aromatic heterocycles. The molecule has 0 bridgehead atoms. The minimum absolute atomic E-state index is 0.0909. The van der Waals surface area contributed by atoms with E-state index >= 15 is 0 Å². The zero-order valence-corrected chi connectivity index (χ0v) is 31.0. The summed E-state index contributed by atoms with van der Waals surface area (Å²) in [5, 5.41) is 5.23. The smallest absolute Gasteiger partial charge is 0.408 e. The number of carbonyl (C=O) groups is 7. The first-order valence-corrected chi connectivity index (χ1v) is 17.2. The van der Waals surface area contributed by atoms with Crippen molar-refractivity contribution in [2.24, 2.45) is 0 Å². The summed E-state index contributed by atoms with van der Waals surface area (Å²) in [6, 6.07) is 3.75. The minimum atomic E-state index is -1.49. The molecule has 51 heavy (non-hydrogen) atoms. The van der Waals surface area contributed by atoms with Gasteiger partial charge in [0.15, 0.2) is 6.04 Å². The summed E-state index contributed by atoms with van der Waals surface area (Å²) in [6.07, 6.45) is -1.59. The van der Waals surface area contributed by atoms with E-state index in [2.05, 4.69) is 10.6 Å². The molecule has 2 aliphatic rings. The Labute approximate surface area is 299 Å². The zero-order chi connectivity index (χ0) is 38.3. The molecule has 4 amide bonds. The predicted octanol–water partition coefficient (Wildman–Crippen LogP) is 2.34. The third-order valence-electron chi connectivity index (χ3n) is 8.94. The number of hydrogen-bond donors (Lipinski definition) is 2. The predicted molar refractivity (Wildman–Crippen MR) is 183 cm³/mol. The number of rotatable bonds is 12. The van der Waals surface area contributed by atoms with Gasteiger partial charge in [0.1, 0.15) is 35.4 Å². The molecule has 2 saturated heterocycles. The lowest BCUT2D eigenvalue weighted by Crippen LogP contribution is -2.65. The molecular formula is C36H52N4O11. The summed E-state index contributed by atoms with van der Waals surface area (Å²) >= 11 is 0. The van der Waals surface area contributed by atoms with Crippen LogP contribution in [0.3, 0.4) is 0 Å². The van der Waals surface area contributed by atoms with Gasteiger partial charge in [0, 0.05) is 33.4 Å². The van der Waals surface area contributed by atoms with Crippen LogP contribution in [0.2, 0.25) is 0 Å². The summed E-state index contributed by atoms with van der Waals surface area (Å²) in [4.78, 5) is 95.4. The Morgan fingerprint density at radius 2 is 1.47 bits per heavy atom. The quantitative estimate of drug-likeness (QED) is 0.239. The Kier molecular flexibility index (Phi) is 13.6. The normalized spacial score (nSPS) is 21.1. The average molecular weight is 717 g/mol. The van der Waals surface area contributed by atoms with Crippen molar-refractivity contribution in [3.63, 3.8) is 0 Å². The second-order valence-electron chi connectivity index (χ2n) is 14.2. The second kappa shape index (κ2) is 17.0. The lowest BCUT2D eigenvalue weighted by atomic mass is 9.85. The summed E-state index contributed by atoms with van der Waals surface area (Å²) in [5.74, 6) is -3.95. The molecule has 282 valence electrons. The van der Waals surface area contributed by atoms with Crippen LogP contribution >= 0.6 is 0 Å². The fourth-order valence-electron chi connectivity index (χ4n) is 6.63. The molecule has 2 heterocycles. The molecule has 6 atom stereocenters. The molecule has 0 unspecified atom stereocenters. The van der Waals surface area contributed by atoms with Gasteiger partial charge in [0.05, 0.1) is 7.11 Å². The lowest BCUT2D eigenvalue weighted by molar-refractivity contribution is -0.159. The maximum atomic E-state index is 14.7. The first-order valence-electron chi connectivity index (χ1n) is 17.2. The summed E-state index contributed by atoms with van der Waals surface area (Å²) in [7, 11) is 1.15. The number of nitrogens with zero attached hydrogens (tertiary/aromatic N) is 2. The van der Waals surface area contributed by atoms with Crippen molar-refractivity contribution < 1.29 is 52.5 Å². The first kappa shape index (κ1) is 40.7. The van der Waals surface area contributed by atoms with E-state index < -0.39 is 83.2 Å². The first-order chi connectivity index (χ1) is 23.8. The number of alkyl carbamates (subject to hydrolysis) is 1. The Hall–Kier alpha value is -4.69. The molecular weight excluding hydrogens is 664 g/mol. The van der Waals surface area contributed by atoms with Gasteiger partial charge in [-0.15, -0.1) is 0 Å². The topological polar surface area (TPSA) is 187 Å². The highest BCUT2D eigenvalue weighted by Crippen LogP contribution is 2.36. The molecule has 1 aromatic carbocycles. The van der Waals surface area contributed by atoms with Crippen molar-refractivity contribution in [3.05, 3.63) is 35.4 Å². The van der Waals surface area contributed by atoms with E-state index in [1.54, 1.807) is 20.8 Å². The van der Waals surface area contributed by atoms with Gasteiger partial charge in [-0.05, 0) is 72.8 Å². The van der Waals surface area contributed by atoms with Crippen molar-refractivity contribution in [2.75, 3.05) is 20.2 Å². The second-order valence-corrected chi connectivity index (χ2v) is 14.2. The molecule has 2 fully saturated rings. The van der Waals surface area contributed by atoms with Crippen LogP contribution < -0.4 is 10.6 Å². The standard InChI is InChI=1S/C36H52N4O11/c1-21-13-15-26(16-14-21)20-36(33(46)37-29(32(45)48-9)23(3)50-25(5)42)17-11-19-40(36)30(43)27-12-10-18-39(27)31(44)28(22(2)49-24(4)41)38-34(47)51-35(6,7)8/h13-16,22-23,27-29H,10-12,17-20H2,1-9H3,(H,37,46)(H,38,47)/t22-,23-,27+,28+,29-,36-/m1/s1. The van der Waals surface area contributed by atoms with Crippen LogP contribution in [0, 0.1) is 6.92 Å². The van der Waals surface area contributed by atoms with Crippen LogP contribution in [-0.4, -0.2) is 113 Å². The van der Waals surface area contributed by atoms with Crippen LogP contribution in [0.1, 0.15) is 85.3 Å². The van der Waals surface area contributed by atoms with Crippen LogP contribution in [0.4, 0.5) is 4.79 Å². The highest BCUT2D eigenvalue weighted by Gasteiger charge is 2.54. The number of likely N-dealkylation sites (tertiary alicyclic amines) is 2. The number of amides is 4. The third kappa shape index (κ3) is 10.4. The zero-order valence-electron chi connectivity index (χ0n) is 31.0. The number of ether oxygens (including phenoxy) is 4. The molecule has 15 nitrogen and oxygen atoms in total. The lowest BCUT2D eigenvalue weighted by Gasteiger charge is -2.41. The fraction of sp³-hybridized carbons (Fsp3) is 0.639. The van der Waals surface area contributed by atoms with Crippen LogP contribution in [0.25, 0.3) is 0 Å². The highest BCUT2D eigenvalue weighted by molar-refractivity contribution is 5.98. The number of methoxy groups -OCH3 is 1. The van der Waals surface area contributed by atoms with E-state index in [9.17, 15) is 33.6 Å². The summed E-state index contributed by atoms with van der Waals surface area (Å²) < 4.78 is 20.8. The Morgan fingerprint density at radius 3 is 2.02 bits per heavy atom. The Morgan fingerprint density at radius 1 is 0.882 bits per heavy atom. The number of aryl methyl sites for hydroxylation is 1. The van der Waals surface area contributed by atoms with Crippen LogP contribution in [0.5, 0.6) is 0 Å². The van der Waals surface area contributed by atoms with Gasteiger partial charge in [-0.25, -0.2) is 9.59 Å². The van der Waals surface area contributed by atoms with Crippen molar-refractivity contribution in [1.82, 2.24) is 20.4 Å². The van der Waals surface area contributed by atoms with Gasteiger partial charge in [0.25, 0.3) is 0 Å². The number of nitrogens with one attached hydrogen (secondary N) is 2. The van der Waals surface area contributed by atoms with Gasteiger partial charge in [-0.3, -0.25) is 24.0 Å². The van der Waals surface area contributed by atoms with Crippen molar-refractivity contribution >= 4 is 41.7 Å². The van der Waals surface area contributed by atoms with E-state index in [4.69, 9.17) is 18.9 Å². The highest BCUT2D eigenvalue weighted by atomic mass is 16.6. The monoisotopic (exact) mass is 716 g/mol. The van der Waals surface area contributed by atoms with Gasteiger partial charge < -0.3 is 39.4 Å². The van der Waals surface area contributed by atoms with E-state index in [1.807, 2.05) is 31.2 Å². The molecule has 0 saturated carbocycles. The van der Waals surface area contributed by atoms with Crippen molar-refractivity contribution in [2.45, 2.75) is 129 Å². The Bertz CT molecular complexity index is 1470.